The van der Waals surface area contributed by atoms with E-state index in [4.69, 9.17) is 6.42 Å². The summed E-state index contributed by atoms with van der Waals surface area (Å²) < 4.78 is 0. The fourth-order valence-corrected chi connectivity index (χ4v) is 3.95. The average molecular weight is 359 g/mol. The average Bonchev–Trinajstić information content (AvgIpc) is 2.59. The quantitative estimate of drug-likeness (QED) is 0.429. The van der Waals surface area contributed by atoms with Crippen LogP contribution in [-0.2, 0) is 9.59 Å². The predicted octanol–water partition coefficient (Wildman–Crippen LogP) is 6.29. The Morgan fingerprint density at radius 3 is 2.62 bits per heavy atom. The maximum Gasteiger partial charge on any atom is 0.141 e. The normalized spacial score (nSPS) is 28.8. The molecular formula is C24H38O2. The van der Waals surface area contributed by atoms with Gasteiger partial charge in [-0.2, -0.15) is 0 Å². The van der Waals surface area contributed by atoms with E-state index in [9.17, 15) is 9.59 Å². The Bertz CT molecular complexity index is 533. The summed E-state index contributed by atoms with van der Waals surface area (Å²) in [6.45, 7) is 8.46. The molecule has 0 aliphatic heterocycles. The van der Waals surface area contributed by atoms with E-state index >= 15 is 0 Å². The molecule has 0 aromatic heterocycles. The molecule has 146 valence electrons. The Hall–Kier alpha value is -1.36. The highest BCUT2D eigenvalue weighted by molar-refractivity contribution is 5.87. The number of ketones is 2. The second-order valence-corrected chi connectivity index (χ2v) is 8.90. The van der Waals surface area contributed by atoms with Gasteiger partial charge in [-0.25, -0.2) is 0 Å². The minimum atomic E-state index is -0.442. The molecule has 2 heteroatoms. The molecule has 0 heterocycles. The van der Waals surface area contributed by atoms with Crippen molar-refractivity contribution in [1.29, 1.82) is 0 Å². The van der Waals surface area contributed by atoms with Crippen LogP contribution in [0.3, 0.4) is 0 Å². The van der Waals surface area contributed by atoms with Crippen LogP contribution in [0.1, 0.15) is 98.3 Å². The largest absolute Gasteiger partial charge is 0.300 e. The van der Waals surface area contributed by atoms with Crippen LogP contribution in [0.25, 0.3) is 0 Å². The first-order valence-corrected chi connectivity index (χ1v) is 10.4. The van der Waals surface area contributed by atoms with Crippen LogP contribution in [0.5, 0.6) is 0 Å². The fourth-order valence-electron chi connectivity index (χ4n) is 3.95. The highest BCUT2D eigenvalue weighted by Crippen LogP contribution is 2.33. The van der Waals surface area contributed by atoms with Gasteiger partial charge in [0.15, 0.2) is 0 Å². The molecule has 0 saturated carbocycles. The molecule has 0 amide bonds. The third kappa shape index (κ3) is 8.35. The summed E-state index contributed by atoms with van der Waals surface area (Å²) >= 11 is 0. The number of carbonyl (C=O) groups excluding carboxylic acids is 2. The van der Waals surface area contributed by atoms with E-state index in [1.807, 2.05) is 13.8 Å². The third-order valence-corrected chi connectivity index (χ3v) is 5.81. The molecule has 1 rings (SSSR count). The monoisotopic (exact) mass is 358 g/mol. The van der Waals surface area contributed by atoms with E-state index in [1.54, 1.807) is 0 Å². The predicted molar refractivity (Wildman–Crippen MR) is 110 cm³/mol. The van der Waals surface area contributed by atoms with Gasteiger partial charge in [-0.3, -0.25) is 9.59 Å². The van der Waals surface area contributed by atoms with Gasteiger partial charge in [0, 0.05) is 30.6 Å². The molecule has 1 aliphatic rings. The molecular weight excluding hydrogens is 320 g/mol. The van der Waals surface area contributed by atoms with E-state index in [-0.39, 0.29) is 11.7 Å². The molecule has 2 nitrogen and oxygen atoms in total. The second kappa shape index (κ2) is 11.4. The maximum absolute atomic E-state index is 13.2. The van der Waals surface area contributed by atoms with Crippen LogP contribution in [0.15, 0.2) is 11.6 Å². The molecule has 26 heavy (non-hydrogen) atoms. The van der Waals surface area contributed by atoms with E-state index in [2.05, 4.69) is 25.8 Å². The smallest absolute Gasteiger partial charge is 0.141 e. The number of hydrogen-bond donors (Lipinski definition) is 0. The summed E-state index contributed by atoms with van der Waals surface area (Å²) in [5.74, 6) is 3.84. The maximum atomic E-state index is 13.2. The molecule has 1 aliphatic carbocycles. The highest BCUT2D eigenvalue weighted by Gasteiger charge is 2.34. The van der Waals surface area contributed by atoms with Crippen molar-refractivity contribution in [3.8, 4) is 12.3 Å². The van der Waals surface area contributed by atoms with Crippen molar-refractivity contribution in [3.63, 3.8) is 0 Å². The zero-order chi connectivity index (χ0) is 19.6. The van der Waals surface area contributed by atoms with Gasteiger partial charge in [0.2, 0.25) is 0 Å². The zero-order valence-electron chi connectivity index (χ0n) is 17.4. The zero-order valence-corrected chi connectivity index (χ0v) is 17.4. The van der Waals surface area contributed by atoms with Gasteiger partial charge in [0.25, 0.3) is 0 Å². The standard InChI is InChI=1S/C24H38O2/c1-6-7-14-21-18-20(3)13-10-12-19(2)11-8-9-15-22(25)16-17-24(4,5)23(21)26/h1,11,20-21H,7-10,12-18H2,2-5H3/b19-11+. The van der Waals surface area contributed by atoms with Gasteiger partial charge in [-0.1, -0.05) is 38.8 Å². The number of terminal acetylenes is 1. The van der Waals surface area contributed by atoms with Crippen LogP contribution in [0, 0.1) is 29.6 Å². The SMILES string of the molecule is C#CCCC1CC(C)CCC/C(C)=C/CCCC(=O)CCC(C)(C)C1=O. The van der Waals surface area contributed by atoms with Gasteiger partial charge < -0.3 is 0 Å². The Morgan fingerprint density at radius 1 is 1.19 bits per heavy atom. The molecule has 0 N–H and O–H groups in total. The molecule has 2 unspecified atom stereocenters. The summed E-state index contributed by atoms with van der Waals surface area (Å²) in [6.07, 6.45) is 17.3. The lowest BCUT2D eigenvalue weighted by molar-refractivity contribution is -0.132. The number of allylic oxidation sites excluding steroid dienone is 2. The summed E-state index contributed by atoms with van der Waals surface area (Å²) in [5, 5.41) is 0. The minimum Gasteiger partial charge on any atom is -0.300 e. The third-order valence-electron chi connectivity index (χ3n) is 5.81. The van der Waals surface area contributed by atoms with Crippen molar-refractivity contribution in [2.75, 3.05) is 0 Å². The van der Waals surface area contributed by atoms with Gasteiger partial charge in [-0.05, 0) is 57.8 Å². The van der Waals surface area contributed by atoms with Crippen molar-refractivity contribution in [2.45, 2.75) is 98.3 Å². The molecule has 0 saturated heterocycles. The molecule has 2 atom stereocenters. The van der Waals surface area contributed by atoms with Crippen LogP contribution in [0.4, 0.5) is 0 Å². The molecule has 0 spiro atoms. The topological polar surface area (TPSA) is 34.1 Å². The van der Waals surface area contributed by atoms with E-state index < -0.39 is 5.41 Å². The molecule has 0 bridgehead atoms. The van der Waals surface area contributed by atoms with Crippen molar-refractivity contribution in [3.05, 3.63) is 11.6 Å². The summed E-state index contributed by atoms with van der Waals surface area (Å²) in [6, 6.07) is 0. The Labute approximate surface area is 161 Å². The first-order chi connectivity index (χ1) is 12.3. The molecule has 0 aromatic carbocycles. The summed E-state index contributed by atoms with van der Waals surface area (Å²) in [7, 11) is 0. The first-order valence-electron chi connectivity index (χ1n) is 10.4. The molecule has 0 radical (unpaired) electrons. The lowest BCUT2D eigenvalue weighted by Crippen LogP contribution is -2.32. The summed E-state index contributed by atoms with van der Waals surface area (Å²) in [5.41, 5.74) is 0.986. The Kier molecular flexibility index (Phi) is 9.92. The van der Waals surface area contributed by atoms with Gasteiger partial charge in [0.1, 0.15) is 11.6 Å². The lowest BCUT2D eigenvalue weighted by atomic mass is 9.73. The molecule has 0 aromatic rings. The first kappa shape index (κ1) is 22.7. The van der Waals surface area contributed by atoms with Crippen molar-refractivity contribution in [1.82, 2.24) is 0 Å². The number of carbonyl (C=O) groups is 2. The van der Waals surface area contributed by atoms with Crippen molar-refractivity contribution >= 4 is 11.6 Å². The van der Waals surface area contributed by atoms with Crippen molar-refractivity contribution < 1.29 is 9.59 Å². The van der Waals surface area contributed by atoms with Gasteiger partial charge >= 0.3 is 0 Å². The fraction of sp³-hybridized carbons (Fsp3) is 0.750. The number of rotatable bonds is 2. The van der Waals surface area contributed by atoms with Crippen LogP contribution < -0.4 is 0 Å². The van der Waals surface area contributed by atoms with Gasteiger partial charge in [-0.15, -0.1) is 12.3 Å². The van der Waals surface area contributed by atoms with E-state index in [0.29, 0.717) is 37.4 Å². The van der Waals surface area contributed by atoms with Crippen LogP contribution in [0.2, 0.25) is 0 Å². The minimum absolute atomic E-state index is 0.0238. The Balaban J connectivity index is 2.89. The van der Waals surface area contributed by atoms with Crippen LogP contribution in [-0.4, -0.2) is 11.6 Å². The second-order valence-electron chi connectivity index (χ2n) is 8.90. The lowest BCUT2D eigenvalue weighted by Gasteiger charge is -2.29. The number of hydrogen-bond acceptors (Lipinski definition) is 2. The van der Waals surface area contributed by atoms with E-state index in [1.165, 1.54) is 12.0 Å². The molecule has 0 fully saturated rings. The van der Waals surface area contributed by atoms with E-state index in [0.717, 1.165) is 38.5 Å². The van der Waals surface area contributed by atoms with Crippen LogP contribution >= 0.6 is 0 Å². The number of Topliss-reactive ketones (excluding diaryl/α,β-unsaturated/α-hetero) is 2. The Morgan fingerprint density at radius 2 is 1.92 bits per heavy atom. The highest BCUT2D eigenvalue weighted by atomic mass is 16.1. The van der Waals surface area contributed by atoms with Crippen molar-refractivity contribution in [2.24, 2.45) is 17.3 Å². The van der Waals surface area contributed by atoms with Gasteiger partial charge in [0.05, 0.1) is 0 Å². The summed E-state index contributed by atoms with van der Waals surface area (Å²) in [4.78, 5) is 25.4.